The molecule has 122 valence electrons. The van der Waals surface area contributed by atoms with Crippen molar-refractivity contribution in [2.24, 2.45) is 17.3 Å². The molecule has 6 heteroatoms. The molecule has 0 aromatic heterocycles. The molecular weight excluding hydrogens is 272 g/mol. The molecule has 0 aliphatic rings. The first kappa shape index (κ1) is 19.4. The van der Waals surface area contributed by atoms with Crippen LogP contribution in [0.4, 0.5) is 0 Å². The van der Waals surface area contributed by atoms with Crippen molar-refractivity contribution >= 4 is 17.8 Å². The fourth-order valence-electron chi connectivity index (χ4n) is 2.10. The van der Waals surface area contributed by atoms with Crippen LogP contribution in [-0.4, -0.2) is 49.9 Å². The van der Waals surface area contributed by atoms with Gasteiger partial charge in [-0.3, -0.25) is 14.4 Å². The Hall–Kier alpha value is -1.59. The van der Waals surface area contributed by atoms with Gasteiger partial charge in [0.15, 0.2) is 0 Å². The van der Waals surface area contributed by atoms with Gasteiger partial charge in [-0.05, 0) is 12.3 Å². The number of ether oxygens (including phenoxy) is 1. The molecule has 6 nitrogen and oxygen atoms in total. The van der Waals surface area contributed by atoms with Gasteiger partial charge in [0.25, 0.3) is 0 Å². The van der Waals surface area contributed by atoms with Crippen molar-refractivity contribution in [2.45, 2.75) is 34.6 Å². The molecule has 0 heterocycles. The molecule has 2 atom stereocenters. The highest BCUT2D eigenvalue weighted by atomic mass is 16.5. The third-order valence-corrected chi connectivity index (χ3v) is 3.25. The number of nitrogens with zero attached hydrogens (tertiary/aromatic N) is 1. The molecule has 0 radical (unpaired) electrons. The van der Waals surface area contributed by atoms with E-state index in [4.69, 9.17) is 4.74 Å². The first-order chi connectivity index (χ1) is 9.56. The maximum absolute atomic E-state index is 12.5. The van der Waals surface area contributed by atoms with Crippen LogP contribution in [0.2, 0.25) is 0 Å². The minimum Gasteiger partial charge on any atom is -0.465 e. The Bertz CT molecular complexity index is 388. The normalized spacial score (nSPS) is 14.0. The number of nitrogens with one attached hydrogen (secondary N) is 1. The van der Waals surface area contributed by atoms with E-state index in [1.807, 2.05) is 20.8 Å². The first-order valence-electron chi connectivity index (χ1n) is 7.19. The highest BCUT2D eigenvalue weighted by Crippen LogP contribution is 2.29. The summed E-state index contributed by atoms with van der Waals surface area (Å²) in [7, 11) is 3.15. The van der Waals surface area contributed by atoms with Crippen molar-refractivity contribution in [3.05, 3.63) is 0 Å². The maximum Gasteiger partial charge on any atom is 0.319 e. The van der Waals surface area contributed by atoms with Gasteiger partial charge >= 0.3 is 5.97 Å². The molecule has 0 saturated carbocycles. The van der Waals surface area contributed by atoms with Crippen LogP contribution < -0.4 is 5.32 Å². The summed E-state index contributed by atoms with van der Waals surface area (Å²) in [5, 5.41) is 2.54. The van der Waals surface area contributed by atoms with Crippen LogP contribution in [0.5, 0.6) is 0 Å². The van der Waals surface area contributed by atoms with Crippen LogP contribution in [0, 0.1) is 17.3 Å². The number of carbonyl (C=O) groups excluding carboxylic acids is 3. The average molecular weight is 300 g/mol. The largest absolute Gasteiger partial charge is 0.465 e. The number of rotatable bonds is 6. The lowest BCUT2D eigenvalue weighted by molar-refractivity contribution is -0.160. The molecule has 0 saturated heterocycles. The predicted molar refractivity (Wildman–Crippen MR) is 80.4 cm³/mol. The molecule has 0 spiro atoms. The molecule has 0 aliphatic carbocycles. The van der Waals surface area contributed by atoms with E-state index in [1.165, 1.54) is 4.90 Å². The van der Waals surface area contributed by atoms with Crippen LogP contribution in [-0.2, 0) is 19.1 Å². The Morgan fingerprint density at radius 2 is 1.76 bits per heavy atom. The molecule has 0 bridgehead atoms. The zero-order valence-electron chi connectivity index (χ0n) is 14.1. The number of amides is 2. The number of hydrogen-bond donors (Lipinski definition) is 1. The van der Waals surface area contributed by atoms with Crippen molar-refractivity contribution in [3.63, 3.8) is 0 Å². The van der Waals surface area contributed by atoms with E-state index < -0.39 is 17.3 Å². The van der Waals surface area contributed by atoms with Crippen molar-refractivity contribution in [1.29, 1.82) is 0 Å². The fourth-order valence-corrected chi connectivity index (χ4v) is 2.10. The lowest BCUT2D eigenvalue weighted by Crippen LogP contribution is -2.46. The summed E-state index contributed by atoms with van der Waals surface area (Å²) in [6.07, 6.45) is 0. The van der Waals surface area contributed by atoms with E-state index in [-0.39, 0.29) is 30.9 Å². The second-order valence-electron chi connectivity index (χ2n) is 6.29. The highest BCUT2D eigenvalue weighted by molar-refractivity contribution is 5.98. The van der Waals surface area contributed by atoms with Gasteiger partial charge in [0.2, 0.25) is 11.8 Å². The van der Waals surface area contributed by atoms with Crippen LogP contribution in [0.15, 0.2) is 0 Å². The first-order valence-corrected chi connectivity index (χ1v) is 7.19. The van der Waals surface area contributed by atoms with Gasteiger partial charge in [-0.25, -0.2) is 0 Å². The Morgan fingerprint density at radius 3 is 2.14 bits per heavy atom. The van der Waals surface area contributed by atoms with E-state index >= 15 is 0 Å². The molecule has 0 aromatic rings. The topological polar surface area (TPSA) is 75.7 Å². The van der Waals surface area contributed by atoms with Gasteiger partial charge in [0.1, 0.15) is 5.92 Å². The molecular formula is C15H28N2O4. The summed E-state index contributed by atoms with van der Waals surface area (Å²) in [4.78, 5) is 37.6. The Morgan fingerprint density at radius 1 is 1.24 bits per heavy atom. The van der Waals surface area contributed by atoms with E-state index in [1.54, 1.807) is 27.9 Å². The van der Waals surface area contributed by atoms with Crippen molar-refractivity contribution in [3.8, 4) is 0 Å². The fraction of sp³-hybridized carbons (Fsp3) is 0.800. The molecule has 2 unspecified atom stereocenters. The smallest absolute Gasteiger partial charge is 0.319 e. The minimum absolute atomic E-state index is 0.141. The molecule has 0 fully saturated rings. The lowest BCUT2D eigenvalue weighted by Gasteiger charge is -2.32. The van der Waals surface area contributed by atoms with Crippen molar-refractivity contribution in [2.75, 3.05) is 27.2 Å². The Labute approximate surface area is 127 Å². The molecule has 21 heavy (non-hydrogen) atoms. The summed E-state index contributed by atoms with van der Waals surface area (Å²) in [5.74, 6) is -2.20. The van der Waals surface area contributed by atoms with Crippen LogP contribution in [0.3, 0.4) is 0 Å². The summed E-state index contributed by atoms with van der Waals surface area (Å²) in [6, 6.07) is 0. The molecule has 0 aromatic carbocycles. The minimum atomic E-state index is -0.876. The van der Waals surface area contributed by atoms with E-state index in [9.17, 15) is 14.4 Å². The molecule has 1 N–H and O–H groups in total. The third kappa shape index (κ3) is 5.73. The standard InChI is InChI=1S/C15H28N2O4/c1-8-21-14(20)11(15(3,4)5)13(19)17(7)9-10(2)12(18)16-6/h10-11H,8-9H2,1-7H3,(H,16,18). The van der Waals surface area contributed by atoms with Crippen LogP contribution in [0.25, 0.3) is 0 Å². The molecule has 0 rings (SSSR count). The second kappa shape index (κ2) is 8.00. The predicted octanol–water partition coefficient (Wildman–Crippen LogP) is 1.05. The average Bonchev–Trinajstić information content (AvgIpc) is 2.36. The summed E-state index contributed by atoms with van der Waals surface area (Å²) in [5.41, 5.74) is -0.548. The quantitative estimate of drug-likeness (QED) is 0.588. The highest BCUT2D eigenvalue weighted by Gasteiger charge is 2.40. The number of carbonyl (C=O) groups is 3. The van der Waals surface area contributed by atoms with Gasteiger partial charge in [0, 0.05) is 20.6 Å². The van der Waals surface area contributed by atoms with Crippen LogP contribution in [0.1, 0.15) is 34.6 Å². The second-order valence-corrected chi connectivity index (χ2v) is 6.29. The molecule has 2 amide bonds. The van der Waals surface area contributed by atoms with Gasteiger partial charge in [-0.15, -0.1) is 0 Å². The number of esters is 1. The monoisotopic (exact) mass is 300 g/mol. The number of hydrogen-bond acceptors (Lipinski definition) is 4. The van der Waals surface area contributed by atoms with E-state index in [0.717, 1.165) is 0 Å². The van der Waals surface area contributed by atoms with Crippen molar-refractivity contribution in [1.82, 2.24) is 10.2 Å². The third-order valence-electron chi connectivity index (χ3n) is 3.25. The maximum atomic E-state index is 12.5. The lowest BCUT2D eigenvalue weighted by atomic mass is 9.79. The zero-order chi connectivity index (χ0) is 16.8. The van der Waals surface area contributed by atoms with Crippen molar-refractivity contribution < 1.29 is 19.1 Å². The van der Waals surface area contributed by atoms with E-state index in [2.05, 4.69) is 5.32 Å². The van der Waals surface area contributed by atoms with E-state index in [0.29, 0.717) is 0 Å². The van der Waals surface area contributed by atoms with Crippen LogP contribution >= 0.6 is 0 Å². The SMILES string of the molecule is CCOC(=O)C(C(=O)N(C)CC(C)C(=O)NC)C(C)(C)C. The summed E-state index contributed by atoms with van der Waals surface area (Å²) in [6.45, 7) is 9.40. The zero-order valence-corrected chi connectivity index (χ0v) is 14.1. The summed E-state index contributed by atoms with van der Waals surface area (Å²) < 4.78 is 5.01. The van der Waals surface area contributed by atoms with Gasteiger partial charge in [0.05, 0.1) is 12.5 Å². The van der Waals surface area contributed by atoms with Gasteiger partial charge in [-0.1, -0.05) is 27.7 Å². The Balaban J connectivity index is 5.04. The molecule has 0 aliphatic heterocycles. The summed E-state index contributed by atoms with van der Waals surface area (Å²) >= 11 is 0. The Kier molecular flexibility index (Phi) is 7.39. The van der Waals surface area contributed by atoms with Gasteiger partial charge in [-0.2, -0.15) is 0 Å². The van der Waals surface area contributed by atoms with Gasteiger partial charge < -0.3 is 15.0 Å².